The van der Waals surface area contributed by atoms with Gasteiger partial charge >= 0.3 is 0 Å². The smallest absolute Gasteiger partial charge is 0.279 e. The molecule has 2 aromatic rings. The predicted octanol–water partition coefficient (Wildman–Crippen LogP) is 0.397. The van der Waals surface area contributed by atoms with Crippen molar-refractivity contribution in [2.45, 2.75) is 6.92 Å². The van der Waals surface area contributed by atoms with Crippen LogP contribution in [-0.2, 0) is 9.53 Å². The standard InChI is InChI=1S/C16H19N3O2/c1-12-10-15(13-4-2-3-5-14(13)17-12)18-16(20)11-19-6-8-21-9-7-19/h2-5,10H,6-9,11H2,1H3,(H,17,18,20)/p+1. The average molecular weight is 286 g/mol. The second-order valence-electron chi connectivity index (χ2n) is 5.42. The molecule has 1 aromatic heterocycles. The lowest BCUT2D eigenvalue weighted by Gasteiger charge is -2.23. The molecule has 2 N–H and O–H groups in total. The van der Waals surface area contributed by atoms with Crippen LogP contribution in [0.2, 0.25) is 0 Å². The van der Waals surface area contributed by atoms with Gasteiger partial charge in [-0.3, -0.25) is 9.78 Å². The van der Waals surface area contributed by atoms with E-state index in [1.165, 1.54) is 4.90 Å². The molecule has 5 nitrogen and oxygen atoms in total. The number of aromatic nitrogens is 1. The van der Waals surface area contributed by atoms with Crippen molar-refractivity contribution in [3.63, 3.8) is 0 Å². The zero-order valence-corrected chi connectivity index (χ0v) is 12.2. The quantitative estimate of drug-likeness (QED) is 0.858. The number of para-hydroxylation sites is 1. The number of nitrogens with one attached hydrogen (secondary N) is 2. The number of pyridine rings is 1. The maximum Gasteiger partial charge on any atom is 0.279 e. The lowest BCUT2D eigenvalue weighted by Crippen LogP contribution is -3.15. The number of rotatable bonds is 3. The van der Waals surface area contributed by atoms with Crippen LogP contribution in [0, 0.1) is 6.92 Å². The number of benzene rings is 1. The van der Waals surface area contributed by atoms with Gasteiger partial charge < -0.3 is 15.0 Å². The molecular formula is C16H20N3O2+. The third-order valence-electron chi connectivity index (χ3n) is 3.73. The number of morpholine rings is 1. The molecule has 0 bridgehead atoms. The summed E-state index contributed by atoms with van der Waals surface area (Å²) in [6, 6.07) is 9.79. The number of hydrogen-bond acceptors (Lipinski definition) is 3. The first-order valence-electron chi connectivity index (χ1n) is 7.30. The Hall–Kier alpha value is -1.98. The minimum atomic E-state index is 0.0441. The molecule has 0 saturated carbocycles. The summed E-state index contributed by atoms with van der Waals surface area (Å²) >= 11 is 0. The fourth-order valence-electron chi connectivity index (χ4n) is 2.67. The number of aryl methyl sites for hydroxylation is 1. The van der Waals surface area contributed by atoms with Crippen molar-refractivity contribution in [2.75, 3.05) is 38.2 Å². The van der Waals surface area contributed by atoms with E-state index >= 15 is 0 Å². The number of ether oxygens (including phenoxy) is 1. The van der Waals surface area contributed by atoms with Crippen LogP contribution in [0.15, 0.2) is 30.3 Å². The first-order valence-corrected chi connectivity index (χ1v) is 7.30. The molecule has 1 aliphatic heterocycles. The van der Waals surface area contributed by atoms with Crippen molar-refractivity contribution < 1.29 is 14.4 Å². The number of amides is 1. The van der Waals surface area contributed by atoms with E-state index in [-0.39, 0.29) is 5.91 Å². The molecule has 0 radical (unpaired) electrons. The van der Waals surface area contributed by atoms with Gasteiger partial charge in [-0.1, -0.05) is 18.2 Å². The van der Waals surface area contributed by atoms with E-state index in [0.29, 0.717) is 6.54 Å². The maximum atomic E-state index is 12.2. The Kier molecular flexibility index (Phi) is 4.13. The highest BCUT2D eigenvalue weighted by Crippen LogP contribution is 2.22. The molecule has 2 heterocycles. The van der Waals surface area contributed by atoms with Gasteiger partial charge in [0, 0.05) is 11.1 Å². The van der Waals surface area contributed by atoms with Gasteiger partial charge in [0.1, 0.15) is 13.1 Å². The highest BCUT2D eigenvalue weighted by atomic mass is 16.5. The topological polar surface area (TPSA) is 55.7 Å². The van der Waals surface area contributed by atoms with E-state index in [0.717, 1.165) is 48.6 Å². The van der Waals surface area contributed by atoms with E-state index in [4.69, 9.17) is 4.74 Å². The van der Waals surface area contributed by atoms with Crippen LogP contribution in [0.5, 0.6) is 0 Å². The van der Waals surface area contributed by atoms with Crippen molar-refractivity contribution >= 4 is 22.5 Å². The van der Waals surface area contributed by atoms with Gasteiger partial charge in [-0.25, -0.2) is 0 Å². The highest BCUT2D eigenvalue weighted by molar-refractivity contribution is 6.01. The number of nitrogens with zero attached hydrogens (tertiary/aromatic N) is 1. The largest absolute Gasteiger partial charge is 0.370 e. The molecule has 1 fully saturated rings. The Morgan fingerprint density at radius 2 is 2.10 bits per heavy atom. The zero-order chi connectivity index (χ0) is 14.7. The van der Waals surface area contributed by atoms with Crippen LogP contribution in [0.1, 0.15) is 5.69 Å². The van der Waals surface area contributed by atoms with Gasteiger partial charge in [0.2, 0.25) is 0 Å². The number of fused-ring (bicyclic) bond motifs is 1. The Labute approximate surface area is 123 Å². The summed E-state index contributed by atoms with van der Waals surface area (Å²) in [6.07, 6.45) is 0. The molecule has 1 amide bonds. The molecule has 0 unspecified atom stereocenters. The number of quaternary nitrogens is 1. The average Bonchev–Trinajstić information content (AvgIpc) is 2.48. The summed E-state index contributed by atoms with van der Waals surface area (Å²) in [4.78, 5) is 18.0. The van der Waals surface area contributed by atoms with Crippen molar-refractivity contribution in [3.05, 3.63) is 36.0 Å². The Bertz CT molecular complexity index is 651. The molecule has 3 rings (SSSR count). The van der Waals surface area contributed by atoms with Gasteiger partial charge in [-0.2, -0.15) is 0 Å². The van der Waals surface area contributed by atoms with Crippen LogP contribution in [-0.4, -0.2) is 43.7 Å². The van der Waals surface area contributed by atoms with Gasteiger partial charge in [0.15, 0.2) is 6.54 Å². The molecule has 5 heteroatoms. The van der Waals surface area contributed by atoms with Gasteiger partial charge in [0.25, 0.3) is 5.91 Å². The monoisotopic (exact) mass is 286 g/mol. The summed E-state index contributed by atoms with van der Waals surface area (Å²) in [6.45, 7) is 5.68. The van der Waals surface area contributed by atoms with Crippen LogP contribution in [0.3, 0.4) is 0 Å². The highest BCUT2D eigenvalue weighted by Gasteiger charge is 2.18. The van der Waals surface area contributed by atoms with Crippen LogP contribution in [0.25, 0.3) is 10.9 Å². The zero-order valence-electron chi connectivity index (χ0n) is 12.2. The third-order valence-corrected chi connectivity index (χ3v) is 3.73. The molecule has 0 atom stereocenters. The number of anilines is 1. The summed E-state index contributed by atoms with van der Waals surface area (Å²) in [7, 11) is 0. The Balaban J connectivity index is 1.76. The minimum Gasteiger partial charge on any atom is -0.370 e. The lowest BCUT2D eigenvalue weighted by atomic mass is 10.1. The Morgan fingerprint density at radius 1 is 1.33 bits per heavy atom. The predicted molar refractivity (Wildman–Crippen MR) is 81.5 cm³/mol. The van der Waals surface area contributed by atoms with E-state index in [9.17, 15) is 4.79 Å². The fraction of sp³-hybridized carbons (Fsp3) is 0.375. The van der Waals surface area contributed by atoms with E-state index in [1.54, 1.807) is 0 Å². The van der Waals surface area contributed by atoms with E-state index < -0.39 is 0 Å². The van der Waals surface area contributed by atoms with Gasteiger partial charge in [-0.15, -0.1) is 0 Å². The van der Waals surface area contributed by atoms with Crippen LogP contribution in [0.4, 0.5) is 5.69 Å². The second-order valence-corrected chi connectivity index (χ2v) is 5.42. The van der Waals surface area contributed by atoms with Crippen LogP contribution >= 0.6 is 0 Å². The third kappa shape index (κ3) is 3.37. The van der Waals surface area contributed by atoms with Crippen molar-refractivity contribution in [1.29, 1.82) is 0 Å². The fourth-order valence-corrected chi connectivity index (χ4v) is 2.67. The molecule has 1 saturated heterocycles. The Morgan fingerprint density at radius 3 is 2.90 bits per heavy atom. The first-order chi connectivity index (χ1) is 10.2. The van der Waals surface area contributed by atoms with Crippen molar-refractivity contribution in [1.82, 2.24) is 4.98 Å². The normalized spacial score (nSPS) is 16.0. The molecule has 21 heavy (non-hydrogen) atoms. The summed E-state index contributed by atoms with van der Waals surface area (Å²) in [5, 5.41) is 4.01. The maximum absolute atomic E-state index is 12.2. The molecule has 110 valence electrons. The molecule has 1 aliphatic rings. The minimum absolute atomic E-state index is 0.0441. The molecule has 0 aliphatic carbocycles. The summed E-state index contributed by atoms with van der Waals surface area (Å²) in [5.74, 6) is 0.0441. The van der Waals surface area contributed by atoms with Crippen LogP contribution < -0.4 is 10.2 Å². The number of hydrogen-bond donors (Lipinski definition) is 2. The lowest BCUT2D eigenvalue weighted by molar-refractivity contribution is -0.899. The molecule has 0 spiro atoms. The first kappa shape index (κ1) is 14.0. The van der Waals surface area contributed by atoms with E-state index in [2.05, 4.69) is 10.3 Å². The van der Waals surface area contributed by atoms with Gasteiger partial charge in [-0.05, 0) is 19.1 Å². The van der Waals surface area contributed by atoms with Crippen molar-refractivity contribution in [2.24, 2.45) is 0 Å². The number of carbonyl (C=O) groups excluding carboxylic acids is 1. The SMILES string of the molecule is Cc1cc(NC(=O)C[NH+]2CCOCC2)c2ccccc2n1. The molecule has 1 aromatic carbocycles. The summed E-state index contributed by atoms with van der Waals surface area (Å²) in [5.41, 5.74) is 2.66. The summed E-state index contributed by atoms with van der Waals surface area (Å²) < 4.78 is 5.31. The number of carbonyl (C=O) groups is 1. The van der Waals surface area contributed by atoms with E-state index in [1.807, 2.05) is 37.3 Å². The molecular weight excluding hydrogens is 266 g/mol. The van der Waals surface area contributed by atoms with Crippen molar-refractivity contribution in [3.8, 4) is 0 Å². The second kappa shape index (κ2) is 6.20. The van der Waals surface area contributed by atoms with Gasteiger partial charge in [0.05, 0.1) is 24.4 Å².